The van der Waals surface area contributed by atoms with Gasteiger partial charge >= 0.3 is 6.09 Å². The number of nitrogens with zero attached hydrogens (tertiary/aromatic N) is 1. The van der Waals surface area contributed by atoms with Crippen LogP contribution in [0.3, 0.4) is 0 Å². The van der Waals surface area contributed by atoms with Gasteiger partial charge in [-0.1, -0.05) is 60.7 Å². The third kappa shape index (κ3) is 4.39. The molecule has 3 rings (SSSR count). The maximum atomic E-state index is 12.3. The number of methoxy groups -OCH3 is 1. The molecule has 140 valence electrons. The van der Waals surface area contributed by atoms with Gasteiger partial charge in [-0.2, -0.15) is 0 Å². The number of hydrogen-bond acceptors (Lipinski definition) is 4. The summed E-state index contributed by atoms with van der Waals surface area (Å²) in [7, 11) is 1.47. The molecule has 0 aromatic heterocycles. The molecule has 2 aromatic carbocycles. The maximum Gasteiger partial charge on any atom is 0.410 e. The van der Waals surface area contributed by atoms with Gasteiger partial charge in [0.15, 0.2) is 11.7 Å². The minimum absolute atomic E-state index is 0.230. The molecule has 0 atom stereocenters. The highest BCUT2D eigenvalue weighted by Gasteiger charge is 2.50. The average Bonchev–Trinajstić information content (AvgIpc) is 2.69. The number of amides is 1. The number of carbonyl (C=O) groups is 1. The van der Waals surface area contributed by atoms with Crippen molar-refractivity contribution in [3.05, 3.63) is 77.5 Å². The fourth-order valence-electron chi connectivity index (χ4n) is 3.43. The Morgan fingerprint density at radius 3 is 2.19 bits per heavy atom. The van der Waals surface area contributed by atoms with E-state index in [4.69, 9.17) is 9.47 Å². The summed E-state index contributed by atoms with van der Waals surface area (Å²) in [5.74, 6) is 2.18. The van der Waals surface area contributed by atoms with Crippen molar-refractivity contribution < 1.29 is 19.1 Å². The molecule has 0 saturated carbocycles. The Hall–Kier alpha value is -3.04. The van der Waals surface area contributed by atoms with Crippen molar-refractivity contribution in [1.29, 1.82) is 0 Å². The number of carbonyl (C=O) groups excluding carboxylic acids is 2. The van der Waals surface area contributed by atoms with E-state index < -0.39 is 5.41 Å². The van der Waals surface area contributed by atoms with Crippen LogP contribution in [0, 0.1) is 5.41 Å². The van der Waals surface area contributed by atoms with E-state index >= 15 is 0 Å². The molecule has 1 amide bonds. The highest BCUT2D eigenvalue weighted by Crippen LogP contribution is 2.41. The zero-order chi connectivity index (χ0) is 19.1. The first-order valence-corrected chi connectivity index (χ1v) is 8.96. The Labute approximate surface area is 159 Å². The molecular formula is C22H23NO4. The van der Waals surface area contributed by atoms with Crippen molar-refractivity contribution in [2.45, 2.75) is 19.4 Å². The van der Waals surface area contributed by atoms with E-state index in [9.17, 15) is 9.59 Å². The number of ether oxygens (including phenoxy) is 2. The summed E-state index contributed by atoms with van der Waals surface area (Å²) in [5.41, 5.74) is 1.62. The van der Waals surface area contributed by atoms with Gasteiger partial charge in [-0.15, -0.1) is 0 Å². The van der Waals surface area contributed by atoms with Crippen molar-refractivity contribution in [3.8, 4) is 0 Å². The van der Waals surface area contributed by atoms with E-state index in [0.29, 0.717) is 19.5 Å². The highest BCUT2D eigenvalue weighted by atomic mass is 16.6. The number of aryl methyl sites for hydroxylation is 1. The van der Waals surface area contributed by atoms with Crippen molar-refractivity contribution >= 4 is 12.0 Å². The Kier molecular flexibility index (Phi) is 5.94. The quantitative estimate of drug-likeness (QED) is 0.555. The average molecular weight is 365 g/mol. The highest BCUT2D eigenvalue weighted by molar-refractivity contribution is 5.70. The van der Waals surface area contributed by atoms with Gasteiger partial charge in [0.25, 0.3) is 0 Å². The zero-order valence-corrected chi connectivity index (χ0v) is 15.4. The van der Waals surface area contributed by atoms with Crippen LogP contribution in [0.4, 0.5) is 4.79 Å². The largest absolute Gasteiger partial charge is 0.489 e. The van der Waals surface area contributed by atoms with E-state index in [1.807, 2.05) is 54.5 Å². The Balaban J connectivity index is 1.60. The first-order chi connectivity index (χ1) is 13.2. The Morgan fingerprint density at radius 1 is 1.04 bits per heavy atom. The van der Waals surface area contributed by atoms with Crippen LogP contribution in [0.2, 0.25) is 0 Å². The lowest BCUT2D eigenvalue weighted by Gasteiger charge is -2.48. The Morgan fingerprint density at radius 2 is 1.63 bits per heavy atom. The predicted octanol–water partition coefficient (Wildman–Crippen LogP) is 3.62. The van der Waals surface area contributed by atoms with Crippen molar-refractivity contribution in [3.63, 3.8) is 0 Å². The number of likely N-dealkylation sites (tertiary alicyclic amines) is 1. The Bertz CT molecular complexity index is 807. The van der Waals surface area contributed by atoms with Crippen LogP contribution in [0.25, 0.3) is 0 Å². The van der Waals surface area contributed by atoms with E-state index in [-0.39, 0.29) is 18.5 Å². The molecule has 0 bridgehead atoms. The number of rotatable bonds is 7. The van der Waals surface area contributed by atoms with Gasteiger partial charge in [0.2, 0.25) is 0 Å². The smallest absolute Gasteiger partial charge is 0.410 e. The standard InChI is InChI=1S/C22H23NO4/c1-26-20(14-24)22(13-12-18-8-4-2-5-9-18)16-23(17-22)21(25)27-15-19-10-6-3-7-11-19/h2-11H,12-13,15-17H2,1H3. The molecule has 0 spiro atoms. The van der Waals surface area contributed by atoms with Crippen molar-refractivity contribution in [1.82, 2.24) is 4.90 Å². The molecule has 0 aliphatic carbocycles. The lowest BCUT2D eigenvalue weighted by atomic mass is 9.74. The molecule has 0 radical (unpaired) electrons. The summed E-state index contributed by atoms with van der Waals surface area (Å²) in [5, 5.41) is 0. The van der Waals surface area contributed by atoms with Gasteiger partial charge in [0, 0.05) is 13.1 Å². The monoisotopic (exact) mass is 365 g/mol. The van der Waals surface area contributed by atoms with Gasteiger partial charge in [-0.3, -0.25) is 0 Å². The molecule has 1 aliphatic heterocycles. The second kappa shape index (κ2) is 8.56. The van der Waals surface area contributed by atoms with Crippen LogP contribution in [-0.4, -0.2) is 37.1 Å². The molecule has 1 heterocycles. The summed E-state index contributed by atoms with van der Waals surface area (Å²) >= 11 is 0. The van der Waals surface area contributed by atoms with Crippen molar-refractivity contribution in [2.75, 3.05) is 20.2 Å². The van der Waals surface area contributed by atoms with Crippen LogP contribution in [0.1, 0.15) is 17.5 Å². The van der Waals surface area contributed by atoms with Gasteiger partial charge in [0.1, 0.15) is 6.61 Å². The van der Waals surface area contributed by atoms with Gasteiger partial charge in [-0.05, 0) is 24.0 Å². The van der Waals surface area contributed by atoms with E-state index in [1.54, 1.807) is 4.90 Å². The molecule has 27 heavy (non-hydrogen) atoms. The number of benzene rings is 2. The summed E-state index contributed by atoms with van der Waals surface area (Å²) < 4.78 is 10.6. The van der Waals surface area contributed by atoms with Crippen LogP contribution in [0.15, 0.2) is 66.4 Å². The van der Waals surface area contributed by atoms with Gasteiger partial charge in [-0.25, -0.2) is 9.59 Å². The summed E-state index contributed by atoms with van der Waals surface area (Å²) in [4.78, 5) is 25.3. The first-order valence-electron chi connectivity index (χ1n) is 8.96. The molecule has 0 unspecified atom stereocenters. The van der Waals surface area contributed by atoms with E-state index in [0.717, 1.165) is 12.0 Å². The minimum atomic E-state index is -0.502. The van der Waals surface area contributed by atoms with Crippen LogP contribution < -0.4 is 0 Å². The van der Waals surface area contributed by atoms with Gasteiger partial charge < -0.3 is 14.4 Å². The second-order valence-corrected chi connectivity index (χ2v) is 6.80. The summed E-state index contributed by atoms with van der Waals surface area (Å²) in [6, 6.07) is 19.6. The lowest BCUT2D eigenvalue weighted by Crippen LogP contribution is -2.60. The minimum Gasteiger partial charge on any atom is -0.489 e. The molecular weight excluding hydrogens is 342 g/mol. The molecule has 0 N–H and O–H groups in total. The molecule has 5 nitrogen and oxygen atoms in total. The van der Waals surface area contributed by atoms with Gasteiger partial charge in [0.05, 0.1) is 12.5 Å². The third-order valence-corrected chi connectivity index (χ3v) is 4.96. The van der Waals surface area contributed by atoms with E-state index in [1.165, 1.54) is 12.7 Å². The molecule has 1 saturated heterocycles. The SMILES string of the molecule is COC(=C=O)C1(CCc2ccccc2)CN(C(=O)OCc2ccccc2)C1. The normalized spacial score (nSPS) is 14.6. The maximum absolute atomic E-state index is 12.3. The van der Waals surface area contributed by atoms with Crippen LogP contribution in [-0.2, 0) is 27.3 Å². The van der Waals surface area contributed by atoms with E-state index in [2.05, 4.69) is 12.1 Å². The molecule has 5 heteroatoms. The topological polar surface area (TPSA) is 55.8 Å². The molecule has 2 aromatic rings. The summed E-state index contributed by atoms with van der Waals surface area (Å²) in [6.45, 7) is 1.02. The third-order valence-electron chi connectivity index (χ3n) is 4.96. The second-order valence-electron chi connectivity index (χ2n) is 6.80. The van der Waals surface area contributed by atoms with Crippen LogP contribution >= 0.6 is 0 Å². The molecule has 1 aliphatic rings. The number of hydrogen-bond donors (Lipinski definition) is 0. The predicted molar refractivity (Wildman–Crippen MR) is 102 cm³/mol. The summed E-state index contributed by atoms with van der Waals surface area (Å²) in [6.07, 6.45) is 1.12. The first kappa shape index (κ1) is 18.7. The lowest BCUT2D eigenvalue weighted by molar-refractivity contribution is -0.0157. The zero-order valence-electron chi connectivity index (χ0n) is 15.4. The fourth-order valence-corrected chi connectivity index (χ4v) is 3.43. The van der Waals surface area contributed by atoms with Crippen molar-refractivity contribution in [2.24, 2.45) is 5.41 Å². The molecule has 1 fully saturated rings. The fraction of sp³-hybridized carbons (Fsp3) is 0.318. The van der Waals surface area contributed by atoms with Crippen LogP contribution in [0.5, 0.6) is 0 Å².